The molecule has 0 amide bonds. The highest BCUT2D eigenvalue weighted by Crippen LogP contribution is 2.15. The quantitative estimate of drug-likeness (QED) is 0.821. The third-order valence-corrected chi connectivity index (χ3v) is 2.92. The monoisotopic (exact) mass is 220 g/mol. The number of aryl methyl sites for hydroxylation is 1. The third-order valence-electron chi connectivity index (χ3n) is 2.92. The van der Waals surface area contributed by atoms with Crippen LogP contribution in [0, 0.1) is 6.92 Å². The maximum absolute atomic E-state index is 3.47. The summed E-state index contributed by atoms with van der Waals surface area (Å²) in [5.74, 6) is 0. The molecule has 0 aliphatic rings. The molecule has 0 bridgehead atoms. The van der Waals surface area contributed by atoms with Crippen LogP contribution in [0.4, 0.5) is 5.69 Å². The van der Waals surface area contributed by atoms with Crippen LogP contribution < -0.4 is 10.2 Å². The van der Waals surface area contributed by atoms with Crippen LogP contribution in [0.5, 0.6) is 0 Å². The van der Waals surface area contributed by atoms with Crippen molar-refractivity contribution in [1.82, 2.24) is 5.32 Å². The zero-order valence-corrected chi connectivity index (χ0v) is 11.1. The molecule has 1 unspecified atom stereocenters. The molecule has 0 aliphatic heterocycles. The minimum absolute atomic E-state index is 0.505. The summed E-state index contributed by atoms with van der Waals surface area (Å²) in [5.41, 5.74) is 2.59. The van der Waals surface area contributed by atoms with Crippen molar-refractivity contribution in [1.29, 1.82) is 0 Å². The zero-order chi connectivity index (χ0) is 12.1. The topological polar surface area (TPSA) is 15.3 Å². The summed E-state index contributed by atoms with van der Waals surface area (Å²) in [6, 6.07) is 9.74. The minimum Gasteiger partial charge on any atom is -0.371 e. The van der Waals surface area contributed by atoms with Gasteiger partial charge in [0.25, 0.3) is 0 Å². The van der Waals surface area contributed by atoms with Crippen molar-refractivity contribution >= 4 is 5.69 Å². The van der Waals surface area contributed by atoms with E-state index in [2.05, 4.69) is 69.2 Å². The van der Waals surface area contributed by atoms with E-state index in [9.17, 15) is 0 Å². The summed E-state index contributed by atoms with van der Waals surface area (Å²) in [5, 5.41) is 3.47. The van der Waals surface area contributed by atoms with Crippen LogP contribution in [0.2, 0.25) is 0 Å². The fourth-order valence-corrected chi connectivity index (χ4v) is 1.58. The molecular formula is C14H24N2. The second kappa shape index (κ2) is 5.90. The van der Waals surface area contributed by atoms with E-state index in [0.29, 0.717) is 12.1 Å². The zero-order valence-electron chi connectivity index (χ0n) is 11.1. The average molecular weight is 220 g/mol. The van der Waals surface area contributed by atoms with Gasteiger partial charge < -0.3 is 10.2 Å². The number of rotatable bonds is 5. The van der Waals surface area contributed by atoms with Crippen molar-refractivity contribution in [3.8, 4) is 0 Å². The number of likely N-dealkylation sites (N-methyl/N-ethyl adjacent to an activating group) is 1. The Hall–Kier alpha value is -1.02. The molecule has 1 aromatic carbocycles. The SMILES string of the molecule is Cc1ccc(N(C)C(C)CNC(C)C)cc1. The Labute approximate surface area is 99.7 Å². The molecule has 2 heteroatoms. The third kappa shape index (κ3) is 3.86. The van der Waals surface area contributed by atoms with Gasteiger partial charge in [-0.15, -0.1) is 0 Å². The number of hydrogen-bond donors (Lipinski definition) is 1. The molecule has 1 rings (SSSR count). The van der Waals surface area contributed by atoms with Gasteiger partial charge in [-0.3, -0.25) is 0 Å². The number of anilines is 1. The molecule has 90 valence electrons. The van der Waals surface area contributed by atoms with Crippen LogP contribution in [0.25, 0.3) is 0 Å². The van der Waals surface area contributed by atoms with Crippen molar-refractivity contribution in [2.75, 3.05) is 18.5 Å². The Bertz CT molecular complexity index is 303. The lowest BCUT2D eigenvalue weighted by Gasteiger charge is -2.28. The van der Waals surface area contributed by atoms with Gasteiger partial charge in [0.1, 0.15) is 0 Å². The van der Waals surface area contributed by atoms with Gasteiger partial charge in [0.05, 0.1) is 0 Å². The van der Waals surface area contributed by atoms with Gasteiger partial charge in [0.2, 0.25) is 0 Å². The van der Waals surface area contributed by atoms with E-state index in [1.165, 1.54) is 11.3 Å². The summed E-state index contributed by atoms with van der Waals surface area (Å²) in [6.45, 7) is 9.74. The molecular weight excluding hydrogens is 196 g/mol. The Morgan fingerprint density at radius 1 is 1.12 bits per heavy atom. The number of nitrogens with one attached hydrogen (secondary N) is 1. The molecule has 0 aliphatic carbocycles. The minimum atomic E-state index is 0.505. The molecule has 0 saturated heterocycles. The smallest absolute Gasteiger partial charge is 0.0383 e. The highest BCUT2D eigenvalue weighted by molar-refractivity contribution is 5.47. The van der Waals surface area contributed by atoms with Crippen molar-refractivity contribution in [3.05, 3.63) is 29.8 Å². The average Bonchev–Trinajstić information content (AvgIpc) is 2.26. The molecule has 0 saturated carbocycles. The molecule has 0 spiro atoms. The summed E-state index contributed by atoms with van der Waals surface area (Å²) in [7, 11) is 2.15. The first-order valence-electron chi connectivity index (χ1n) is 6.03. The lowest BCUT2D eigenvalue weighted by molar-refractivity contribution is 0.532. The first-order chi connectivity index (χ1) is 7.50. The van der Waals surface area contributed by atoms with E-state index in [1.807, 2.05) is 0 Å². The summed E-state index contributed by atoms with van der Waals surface area (Å²) in [6.07, 6.45) is 0. The fourth-order valence-electron chi connectivity index (χ4n) is 1.58. The predicted octanol–water partition coefficient (Wildman–Crippen LogP) is 2.82. The summed E-state index contributed by atoms with van der Waals surface area (Å²) < 4.78 is 0. The van der Waals surface area contributed by atoms with Gasteiger partial charge in [0.15, 0.2) is 0 Å². The Morgan fingerprint density at radius 2 is 1.69 bits per heavy atom. The first-order valence-corrected chi connectivity index (χ1v) is 6.03. The van der Waals surface area contributed by atoms with E-state index < -0.39 is 0 Å². The van der Waals surface area contributed by atoms with Gasteiger partial charge in [-0.05, 0) is 26.0 Å². The number of nitrogens with zero attached hydrogens (tertiary/aromatic N) is 1. The van der Waals surface area contributed by atoms with Gasteiger partial charge in [-0.1, -0.05) is 31.5 Å². The van der Waals surface area contributed by atoms with Crippen LogP contribution in [0.1, 0.15) is 26.3 Å². The Morgan fingerprint density at radius 3 is 2.19 bits per heavy atom. The van der Waals surface area contributed by atoms with E-state index >= 15 is 0 Å². The van der Waals surface area contributed by atoms with E-state index in [4.69, 9.17) is 0 Å². The van der Waals surface area contributed by atoms with Gasteiger partial charge in [-0.25, -0.2) is 0 Å². The van der Waals surface area contributed by atoms with Crippen molar-refractivity contribution in [3.63, 3.8) is 0 Å². The summed E-state index contributed by atoms with van der Waals surface area (Å²) in [4.78, 5) is 2.31. The van der Waals surface area contributed by atoms with Crippen LogP contribution in [0.3, 0.4) is 0 Å². The second-order valence-corrected chi connectivity index (χ2v) is 4.86. The van der Waals surface area contributed by atoms with Crippen molar-refractivity contribution in [2.24, 2.45) is 0 Å². The largest absolute Gasteiger partial charge is 0.371 e. The Kier molecular flexibility index (Phi) is 4.81. The van der Waals surface area contributed by atoms with Crippen LogP contribution in [-0.4, -0.2) is 25.7 Å². The highest BCUT2D eigenvalue weighted by atomic mass is 15.1. The van der Waals surface area contributed by atoms with Crippen molar-refractivity contribution < 1.29 is 0 Å². The van der Waals surface area contributed by atoms with E-state index in [0.717, 1.165) is 6.54 Å². The molecule has 0 fully saturated rings. The normalized spacial score (nSPS) is 12.9. The molecule has 0 aromatic heterocycles. The molecule has 2 nitrogen and oxygen atoms in total. The van der Waals surface area contributed by atoms with Gasteiger partial charge in [-0.2, -0.15) is 0 Å². The van der Waals surface area contributed by atoms with E-state index in [1.54, 1.807) is 0 Å². The fraction of sp³-hybridized carbons (Fsp3) is 0.571. The number of benzene rings is 1. The first kappa shape index (κ1) is 13.0. The lowest BCUT2D eigenvalue weighted by Crippen LogP contribution is -2.40. The maximum Gasteiger partial charge on any atom is 0.0383 e. The highest BCUT2D eigenvalue weighted by Gasteiger charge is 2.09. The van der Waals surface area contributed by atoms with Gasteiger partial charge >= 0.3 is 0 Å². The van der Waals surface area contributed by atoms with Crippen LogP contribution in [0.15, 0.2) is 24.3 Å². The van der Waals surface area contributed by atoms with Crippen LogP contribution in [-0.2, 0) is 0 Å². The van der Waals surface area contributed by atoms with Gasteiger partial charge in [0, 0.05) is 31.4 Å². The Balaban J connectivity index is 2.56. The van der Waals surface area contributed by atoms with Crippen molar-refractivity contribution in [2.45, 2.75) is 39.8 Å². The number of hydrogen-bond acceptors (Lipinski definition) is 2. The van der Waals surface area contributed by atoms with E-state index in [-0.39, 0.29) is 0 Å². The maximum atomic E-state index is 3.47. The molecule has 1 N–H and O–H groups in total. The molecule has 1 aromatic rings. The molecule has 0 heterocycles. The van der Waals surface area contributed by atoms with Crippen LogP contribution >= 0.6 is 0 Å². The standard InChI is InChI=1S/C14H24N2/c1-11(2)15-10-13(4)16(5)14-8-6-12(3)7-9-14/h6-9,11,13,15H,10H2,1-5H3. The molecule has 0 radical (unpaired) electrons. The molecule has 16 heavy (non-hydrogen) atoms. The second-order valence-electron chi connectivity index (χ2n) is 4.86. The lowest BCUT2D eigenvalue weighted by atomic mass is 10.2. The molecule has 1 atom stereocenters. The summed E-state index contributed by atoms with van der Waals surface area (Å²) >= 11 is 0. The predicted molar refractivity (Wildman–Crippen MR) is 72.2 cm³/mol.